The van der Waals surface area contributed by atoms with Gasteiger partial charge < -0.3 is 4.55 Å². The Kier molecular flexibility index (Phi) is 5.60. The molecule has 0 saturated carbocycles. The number of carbonyl (C=O) groups excluding carboxylic acids is 1. The minimum Gasteiger partial charge on any atom is -0.612 e. The molecule has 98 valence electrons. The van der Waals surface area contributed by atoms with Crippen molar-refractivity contribution in [2.45, 2.75) is 0 Å². The third kappa shape index (κ3) is 5.16. The number of thiophene rings is 2. The van der Waals surface area contributed by atoms with Gasteiger partial charge in [0.1, 0.15) is 5.41 Å². The third-order valence-corrected chi connectivity index (χ3v) is 4.66. The number of ketones is 1. The lowest BCUT2D eigenvalue weighted by Gasteiger charge is -2.01. The fourth-order valence-corrected chi connectivity index (χ4v) is 3.36. The molecule has 0 N–H and O–H groups in total. The van der Waals surface area contributed by atoms with Crippen molar-refractivity contribution >= 4 is 51.8 Å². The molecule has 0 spiro atoms. The number of rotatable bonds is 6. The minimum atomic E-state index is -1.26. The molecule has 0 bridgehead atoms. The third-order valence-electron chi connectivity index (χ3n) is 2.24. The molecular formula is C14H12O2S3. The lowest BCUT2D eigenvalue weighted by molar-refractivity contribution is -0.112. The van der Waals surface area contributed by atoms with Gasteiger partial charge in [0, 0.05) is 0 Å². The van der Waals surface area contributed by atoms with Crippen LogP contribution in [-0.4, -0.2) is 16.1 Å². The zero-order chi connectivity index (χ0) is 13.5. The van der Waals surface area contributed by atoms with Crippen molar-refractivity contribution in [3.05, 3.63) is 56.3 Å². The number of allylic oxidation sites excluding steroid dienone is 1. The maximum Gasteiger partial charge on any atom is 0.205 e. The standard InChI is InChI=1S/C14H12O2S3/c15-14(2-1-12-3-6-17-9-12)11-19(16)8-5-13-4-7-18-10-13/h1-10H,11H2. The summed E-state index contributed by atoms with van der Waals surface area (Å²) in [5.74, 6) is -0.0964. The van der Waals surface area contributed by atoms with Crippen molar-refractivity contribution < 1.29 is 9.35 Å². The molecule has 0 aromatic carbocycles. The molecule has 1 unspecified atom stereocenters. The monoisotopic (exact) mass is 308 g/mol. The van der Waals surface area contributed by atoms with Crippen molar-refractivity contribution in [3.63, 3.8) is 0 Å². The van der Waals surface area contributed by atoms with Gasteiger partial charge in [-0.05, 0) is 68.1 Å². The van der Waals surface area contributed by atoms with Crippen LogP contribution in [0.3, 0.4) is 0 Å². The summed E-state index contributed by atoms with van der Waals surface area (Å²) >= 11 is 1.91. The van der Waals surface area contributed by atoms with Crippen LogP contribution in [0.1, 0.15) is 11.1 Å². The summed E-state index contributed by atoms with van der Waals surface area (Å²) < 4.78 is 11.7. The topological polar surface area (TPSA) is 40.1 Å². The molecule has 0 amide bonds. The van der Waals surface area contributed by atoms with E-state index in [1.54, 1.807) is 40.2 Å². The Morgan fingerprint density at radius 2 is 1.79 bits per heavy atom. The quantitative estimate of drug-likeness (QED) is 0.601. The van der Waals surface area contributed by atoms with E-state index in [0.29, 0.717) is 0 Å². The van der Waals surface area contributed by atoms with E-state index in [0.717, 1.165) is 11.1 Å². The minimum absolute atomic E-state index is 0.0290. The smallest absolute Gasteiger partial charge is 0.205 e. The summed E-state index contributed by atoms with van der Waals surface area (Å²) in [7, 11) is 0. The average molecular weight is 308 g/mol. The Balaban J connectivity index is 1.82. The van der Waals surface area contributed by atoms with E-state index >= 15 is 0 Å². The maximum absolute atomic E-state index is 11.7. The molecular weight excluding hydrogens is 296 g/mol. The van der Waals surface area contributed by atoms with E-state index in [4.69, 9.17) is 0 Å². The second-order valence-corrected chi connectivity index (χ2v) is 6.62. The summed E-state index contributed by atoms with van der Waals surface area (Å²) in [5, 5.41) is 9.39. The second-order valence-electron chi connectivity index (χ2n) is 3.74. The first-order valence-electron chi connectivity index (χ1n) is 5.55. The number of carbonyl (C=O) groups is 1. The van der Waals surface area contributed by atoms with E-state index < -0.39 is 11.2 Å². The van der Waals surface area contributed by atoms with Gasteiger partial charge in [0.05, 0.1) is 0 Å². The predicted molar refractivity (Wildman–Crippen MR) is 84.7 cm³/mol. The first-order chi connectivity index (χ1) is 9.24. The molecule has 0 radical (unpaired) electrons. The van der Waals surface area contributed by atoms with E-state index in [2.05, 4.69) is 0 Å². The van der Waals surface area contributed by atoms with Crippen LogP contribution in [0.15, 0.2) is 45.1 Å². The molecule has 2 aromatic heterocycles. The van der Waals surface area contributed by atoms with Crippen LogP contribution in [0.5, 0.6) is 0 Å². The SMILES string of the molecule is O=C(C=Cc1ccsc1)C[S+]([O-])C=Cc1ccsc1. The largest absolute Gasteiger partial charge is 0.612 e. The molecule has 0 saturated heterocycles. The van der Waals surface area contributed by atoms with Gasteiger partial charge in [-0.15, -0.1) is 0 Å². The molecule has 1 atom stereocenters. The molecule has 19 heavy (non-hydrogen) atoms. The molecule has 2 heterocycles. The lowest BCUT2D eigenvalue weighted by Crippen LogP contribution is -2.11. The Hall–Kier alpha value is -1.14. The highest BCUT2D eigenvalue weighted by atomic mass is 32.2. The van der Waals surface area contributed by atoms with E-state index in [1.165, 1.54) is 6.08 Å². The lowest BCUT2D eigenvalue weighted by atomic mass is 10.3. The number of hydrogen-bond donors (Lipinski definition) is 0. The van der Waals surface area contributed by atoms with E-state index in [-0.39, 0.29) is 11.5 Å². The highest BCUT2D eigenvalue weighted by Crippen LogP contribution is 2.10. The van der Waals surface area contributed by atoms with Crippen LogP contribution >= 0.6 is 22.7 Å². The van der Waals surface area contributed by atoms with Crippen molar-refractivity contribution in [2.75, 3.05) is 5.75 Å². The van der Waals surface area contributed by atoms with Crippen LogP contribution in [0, 0.1) is 0 Å². The van der Waals surface area contributed by atoms with Crippen molar-refractivity contribution in [2.24, 2.45) is 0 Å². The highest BCUT2D eigenvalue weighted by molar-refractivity contribution is 7.95. The average Bonchev–Trinajstić information content (AvgIpc) is 3.07. The first kappa shape index (κ1) is 14.3. The first-order valence-corrected chi connectivity index (χ1v) is 8.81. The molecule has 2 nitrogen and oxygen atoms in total. The van der Waals surface area contributed by atoms with Crippen LogP contribution in [0.2, 0.25) is 0 Å². The molecule has 0 fully saturated rings. The highest BCUT2D eigenvalue weighted by Gasteiger charge is 2.07. The van der Waals surface area contributed by atoms with Crippen LogP contribution in [0.4, 0.5) is 0 Å². The molecule has 2 aromatic rings. The molecule has 0 aliphatic rings. The summed E-state index contributed by atoms with van der Waals surface area (Å²) in [6, 6.07) is 3.87. The van der Waals surface area contributed by atoms with Crippen molar-refractivity contribution in [1.29, 1.82) is 0 Å². The maximum atomic E-state index is 11.7. The van der Waals surface area contributed by atoms with Gasteiger partial charge in [0.15, 0.2) is 5.75 Å². The van der Waals surface area contributed by atoms with Gasteiger partial charge in [-0.2, -0.15) is 22.7 Å². The van der Waals surface area contributed by atoms with Crippen LogP contribution < -0.4 is 0 Å². The summed E-state index contributed by atoms with van der Waals surface area (Å²) in [6.45, 7) is 0. The van der Waals surface area contributed by atoms with Gasteiger partial charge in [-0.1, -0.05) is 6.08 Å². The number of hydrogen-bond acceptors (Lipinski definition) is 4. The molecule has 5 heteroatoms. The molecule has 0 aliphatic carbocycles. The normalized spacial score (nSPS) is 13.3. The van der Waals surface area contributed by atoms with E-state index in [1.807, 2.05) is 33.7 Å². The summed E-state index contributed by atoms with van der Waals surface area (Å²) in [6.07, 6.45) is 5.01. The van der Waals surface area contributed by atoms with Gasteiger partial charge >= 0.3 is 0 Å². The van der Waals surface area contributed by atoms with Crippen LogP contribution in [-0.2, 0) is 16.0 Å². The fourth-order valence-electron chi connectivity index (χ4n) is 1.32. The fraction of sp³-hybridized carbons (Fsp3) is 0.0714. The summed E-state index contributed by atoms with van der Waals surface area (Å²) in [5.41, 5.74) is 2.01. The van der Waals surface area contributed by atoms with Gasteiger partial charge in [0.2, 0.25) is 5.78 Å². The Labute approximate surface area is 123 Å². The van der Waals surface area contributed by atoms with Gasteiger partial charge in [-0.25, -0.2) is 0 Å². The van der Waals surface area contributed by atoms with Crippen molar-refractivity contribution in [1.82, 2.24) is 0 Å². The Bertz CT molecular complexity index is 554. The zero-order valence-corrected chi connectivity index (χ0v) is 12.5. The van der Waals surface area contributed by atoms with Gasteiger partial charge in [-0.3, -0.25) is 4.79 Å². The summed E-state index contributed by atoms with van der Waals surface area (Å²) in [4.78, 5) is 11.6. The molecule has 0 aliphatic heterocycles. The Morgan fingerprint density at radius 3 is 2.37 bits per heavy atom. The zero-order valence-electron chi connectivity index (χ0n) is 10.0. The van der Waals surface area contributed by atoms with E-state index in [9.17, 15) is 9.35 Å². The molecule has 2 rings (SSSR count). The van der Waals surface area contributed by atoms with Gasteiger partial charge in [0.25, 0.3) is 0 Å². The van der Waals surface area contributed by atoms with Crippen LogP contribution in [0.25, 0.3) is 12.2 Å². The predicted octanol–water partition coefficient (Wildman–Crippen LogP) is 3.81. The Morgan fingerprint density at radius 1 is 1.16 bits per heavy atom. The second kappa shape index (κ2) is 7.45. The van der Waals surface area contributed by atoms with Crippen molar-refractivity contribution in [3.8, 4) is 0 Å².